The van der Waals surface area contributed by atoms with E-state index in [0.717, 1.165) is 5.69 Å². The van der Waals surface area contributed by atoms with Gasteiger partial charge in [0.2, 0.25) is 0 Å². The number of ether oxygens (including phenoxy) is 1. The number of tetrazole rings is 1. The number of nitrogens with one attached hydrogen (secondary N) is 1. The van der Waals surface area contributed by atoms with Gasteiger partial charge in [0, 0.05) is 12.1 Å². The zero-order chi connectivity index (χ0) is 16.2. The number of carbonyl (C=O) groups is 1. The van der Waals surface area contributed by atoms with Crippen LogP contribution in [0.4, 0.5) is 5.82 Å². The summed E-state index contributed by atoms with van der Waals surface area (Å²) in [5.74, 6) is 1.16. The number of nitrogens with zero attached hydrogens (tertiary/aromatic N) is 5. The first-order valence-corrected chi connectivity index (χ1v) is 6.86. The molecule has 1 atom stereocenters. The van der Waals surface area contributed by atoms with Gasteiger partial charge in [-0.3, -0.25) is 4.79 Å². The highest BCUT2D eigenvalue weighted by atomic mass is 16.5. The van der Waals surface area contributed by atoms with E-state index in [1.165, 1.54) is 11.0 Å². The second kappa shape index (κ2) is 6.26. The Kier molecular flexibility index (Phi) is 4.00. The lowest BCUT2D eigenvalue weighted by Gasteiger charge is -2.14. The summed E-state index contributed by atoms with van der Waals surface area (Å²) in [6.07, 6.45) is 0.762. The van der Waals surface area contributed by atoms with Gasteiger partial charge in [0.15, 0.2) is 11.9 Å². The molecule has 23 heavy (non-hydrogen) atoms. The Bertz CT molecular complexity index is 798. The maximum atomic E-state index is 12.1. The molecule has 0 bridgehead atoms. The Hall–Kier alpha value is -3.23. The first-order chi connectivity index (χ1) is 11.1. The van der Waals surface area contributed by atoms with E-state index in [1.807, 2.05) is 6.07 Å². The fourth-order valence-corrected chi connectivity index (χ4v) is 1.89. The van der Waals surface area contributed by atoms with Crippen molar-refractivity contribution < 1.29 is 14.1 Å². The Morgan fingerprint density at radius 1 is 1.39 bits per heavy atom. The zero-order valence-electron chi connectivity index (χ0n) is 12.5. The van der Waals surface area contributed by atoms with Crippen molar-refractivity contribution in [3.63, 3.8) is 0 Å². The molecule has 0 unspecified atom stereocenters. The van der Waals surface area contributed by atoms with E-state index in [4.69, 9.17) is 9.26 Å². The SMILES string of the molecule is Cc1cc(NC(=O)[C@@H](C)Oc2cccc(-n3cnnn3)c2)no1. The average Bonchev–Trinajstić information content (AvgIpc) is 3.19. The molecule has 2 heterocycles. The normalized spacial score (nSPS) is 11.9. The van der Waals surface area contributed by atoms with Gasteiger partial charge in [-0.05, 0) is 36.4 Å². The number of hydrogen-bond acceptors (Lipinski definition) is 7. The largest absolute Gasteiger partial charge is 0.481 e. The molecule has 0 spiro atoms. The van der Waals surface area contributed by atoms with Crippen LogP contribution < -0.4 is 10.1 Å². The third-order valence-corrected chi connectivity index (χ3v) is 2.99. The lowest BCUT2D eigenvalue weighted by atomic mass is 10.3. The van der Waals surface area contributed by atoms with Crippen LogP contribution in [0.1, 0.15) is 12.7 Å². The molecule has 3 rings (SSSR count). The van der Waals surface area contributed by atoms with Gasteiger partial charge in [0.05, 0.1) is 5.69 Å². The van der Waals surface area contributed by atoms with Gasteiger partial charge in [-0.2, -0.15) is 0 Å². The van der Waals surface area contributed by atoms with Crippen LogP contribution in [0.15, 0.2) is 41.2 Å². The van der Waals surface area contributed by atoms with Gasteiger partial charge in [-0.15, -0.1) is 5.10 Å². The minimum absolute atomic E-state index is 0.328. The van der Waals surface area contributed by atoms with Gasteiger partial charge in [0.25, 0.3) is 5.91 Å². The van der Waals surface area contributed by atoms with Crippen LogP contribution in [0.3, 0.4) is 0 Å². The molecule has 1 N–H and O–H groups in total. The average molecular weight is 314 g/mol. The minimum atomic E-state index is -0.712. The van der Waals surface area contributed by atoms with Crippen molar-refractivity contribution in [3.8, 4) is 11.4 Å². The predicted molar refractivity (Wildman–Crippen MR) is 79.1 cm³/mol. The Labute approximate surface area is 131 Å². The van der Waals surface area contributed by atoms with Crippen LogP contribution in [-0.2, 0) is 4.79 Å². The highest BCUT2D eigenvalue weighted by Gasteiger charge is 2.16. The molecule has 9 heteroatoms. The van der Waals surface area contributed by atoms with E-state index in [1.54, 1.807) is 38.1 Å². The van der Waals surface area contributed by atoms with Gasteiger partial charge in [0.1, 0.15) is 17.8 Å². The van der Waals surface area contributed by atoms with E-state index in [-0.39, 0.29) is 5.91 Å². The van der Waals surface area contributed by atoms with Crippen LogP contribution in [0.2, 0.25) is 0 Å². The molecular formula is C14H14N6O3. The van der Waals surface area contributed by atoms with Gasteiger partial charge < -0.3 is 14.6 Å². The molecule has 0 radical (unpaired) electrons. The molecule has 0 saturated carbocycles. The lowest BCUT2D eigenvalue weighted by Crippen LogP contribution is -2.30. The van der Waals surface area contributed by atoms with E-state index < -0.39 is 6.10 Å². The van der Waals surface area contributed by atoms with Crippen LogP contribution in [-0.4, -0.2) is 37.4 Å². The van der Waals surface area contributed by atoms with E-state index in [0.29, 0.717) is 17.3 Å². The van der Waals surface area contributed by atoms with E-state index >= 15 is 0 Å². The number of amides is 1. The van der Waals surface area contributed by atoms with Gasteiger partial charge in [-0.1, -0.05) is 11.2 Å². The number of hydrogen-bond donors (Lipinski definition) is 1. The topological polar surface area (TPSA) is 108 Å². The molecule has 0 saturated heterocycles. The summed E-state index contributed by atoms with van der Waals surface area (Å²) in [6, 6.07) is 8.73. The van der Waals surface area contributed by atoms with Crippen molar-refractivity contribution in [3.05, 3.63) is 42.4 Å². The van der Waals surface area contributed by atoms with Crippen molar-refractivity contribution in [2.75, 3.05) is 5.32 Å². The monoisotopic (exact) mass is 314 g/mol. The van der Waals surface area contributed by atoms with Gasteiger partial charge in [-0.25, -0.2) is 4.68 Å². The first kappa shape index (κ1) is 14.7. The summed E-state index contributed by atoms with van der Waals surface area (Å²) in [4.78, 5) is 12.1. The molecule has 0 fully saturated rings. The van der Waals surface area contributed by atoms with Crippen LogP contribution in [0, 0.1) is 6.92 Å². The molecule has 2 aromatic heterocycles. The number of aryl methyl sites for hydroxylation is 1. The number of anilines is 1. The Morgan fingerprint density at radius 3 is 2.96 bits per heavy atom. The molecule has 9 nitrogen and oxygen atoms in total. The number of rotatable bonds is 5. The molecule has 3 aromatic rings. The summed E-state index contributed by atoms with van der Waals surface area (Å²) in [7, 11) is 0. The smallest absolute Gasteiger partial charge is 0.266 e. The molecule has 0 aliphatic carbocycles. The third kappa shape index (κ3) is 3.51. The Balaban J connectivity index is 1.66. The summed E-state index contributed by atoms with van der Waals surface area (Å²) in [5.41, 5.74) is 0.729. The van der Waals surface area contributed by atoms with Crippen molar-refractivity contribution >= 4 is 11.7 Å². The van der Waals surface area contributed by atoms with Crippen LogP contribution >= 0.6 is 0 Å². The second-order valence-corrected chi connectivity index (χ2v) is 4.82. The van der Waals surface area contributed by atoms with Crippen molar-refractivity contribution in [1.82, 2.24) is 25.4 Å². The fraction of sp³-hybridized carbons (Fsp3) is 0.214. The predicted octanol–water partition coefficient (Wildman–Crippen LogP) is 1.36. The molecular weight excluding hydrogens is 300 g/mol. The van der Waals surface area contributed by atoms with Gasteiger partial charge >= 0.3 is 0 Å². The lowest BCUT2D eigenvalue weighted by molar-refractivity contribution is -0.122. The van der Waals surface area contributed by atoms with E-state index in [9.17, 15) is 4.79 Å². The van der Waals surface area contributed by atoms with Crippen LogP contribution in [0.25, 0.3) is 5.69 Å². The quantitative estimate of drug-likeness (QED) is 0.757. The number of aromatic nitrogens is 5. The summed E-state index contributed by atoms with van der Waals surface area (Å²) >= 11 is 0. The summed E-state index contributed by atoms with van der Waals surface area (Å²) in [5, 5.41) is 17.3. The van der Waals surface area contributed by atoms with Crippen molar-refractivity contribution in [2.24, 2.45) is 0 Å². The fourth-order valence-electron chi connectivity index (χ4n) is 1.89. The first-order valence-electron chi connectivity index (χ1n) is 6.86. The minimum Gasteiger partial charge on any atom is -0.481 e. The molecule has 0 aliphatic heterocycles. The number of carbonyl (C=O) groups excluding carboxylic acids is 1. The van der Waals surface area contributed by atoms with Crippen molar-refractivity contribution in [2.45, 2.75) is 20.0 Å². The third-order valence-electron chi connectivity index (χ3n) is 2.99. The maximum absolute atomic E-state index is 12.1. The maximum Gasteiger partial charge on any atom is 0.266 e. The van der Waals surface area contributed by atoms with E-state index in [2.05, 4.69) is 26.0 Å². The summed E-state index contributed by atoms with van der Waals surface area (Å²) < 4.78 is 12.0. The highest BCUT2D eigenvalue weighted by molar-refractivity contribution is 5.93. The van der Waals surface area contributed by atoms with Crippen molar-refractivity contribution in [1.29, 1.82) is 0 Å². The van der Waals surface area contributed by atoms with Crippen LogP contribution in [0.5, 0.6) is 5.75 Å². The zero-order valence-corrected chi connectivity index (χ0v) is 12.5. The molecule has 1 amide bonds. The Morgan fingerprint density at radius 2 is 2.26 bits per heavy atom. The number of benzene rings is 1. The second-order valence-electron chi connectivity index (χ2n) is 4.82. The molecule has 118 valence electrons. The molecule has 1 aromatic carbocycles. The highest BCUT2D eigenvalue weighted by Crippen LogP contribution is 2.17. The molecule has 0 aliphatic rings. The summed E-state index contributed by atoms with van der Waals surface area (Å²) in [6.45, 7) is 3.39. The standard InChI is InChI=1S/C14H14N6O3/c1-9-6-13(17-23-9)16-14(21)10(2)22-12-5-3-4-11(7-12)20-8-15-18-19-20/h3-8,10H,1-2H3,(H,16,17,21)/t10-/m1/s1.